The van der Waals surface area contributed by atoms with Crippen molar-refractivity contribution in [2.75, 3.05) is 13.2 Å². The van der Waals surface area contributed by atoms with E-state index in [2.05, 4.69) is 10.6 Å². The summed E-state index contributed by atoms with van der Waals surface area (Å²) in [5, 5.41) is 6.71. The lowest BCUT2D eigenvalue weighted by molar-refractivity contribution is -0.129. The summed E-state index contributed by atoms with van der Waals surface area (Å²) in [7, 11) is 0. The molecule has 0 spiro atoms. The van der Waals surface area contributed by atoms with Crippen LogP contribution >= 0.6 is 24.0 Å². The van der Waals surface area contributed by atoms with Gasteiger partial charge >= 0.3 is 0 Å². The van der Waals surface area contributed by atoms with Crippen molar-refractivity contribution in [3.05, 3.63) is 34.9 Å². The molecule has 0 aliphatic carbocycles. The Morgan fingerprint density at radius 3 is 3.05 bits per heavy atom. The minimum absolute atomic E-state index is 0. The number of rotatable bonds is 3. The van der Waals surface area contributed by atoms with Crippen molar-refractivity contribution in [2.45, 2.75) is 25.6 Å². The van der Waals surface area contributed by atoms with Gasteiger partial charge in [-0.15, -0.1) is 12.4 Å². The minimum atomic E-state index is -0.280. The summed E-state index contributed by atoms with van der Waals surface area (Å²) in [6.45, 7) is 3.74. The van der Waals surface area contributed by atoms with Crippen LogP contribution in [0.1, 0.15) is 12.5 Å². The van der Waals surface area contributed by atoms with Crippen LogP contribution in [0.3, 0.4) is 0 Å². The van der Waals surface area contributed by atoms with Crippen LogP contribution in [0.4, 0.5) is 0 Å². The van der Waals surface area contributed by atoms with Crippen LogP contribution in [-0.2, 0) is 16.1 Å². The fourth-order valence-corrected chi connectivity index (χ4v) is 2.19. The minimum Gasteiger partial charge on any atom is -0.375 e. The molecule has 0 saturated carbocycles. The summed E-state index contributed by atoms with van der Waals surface area (Å²) < 4.78 is 5.44. The third-order valence-electron chi connectivity index (χ3n) is 2.95. The van der Waals surface area contributed by atoms with Crippen molar-refractivity contribution >= 4 is 29.9 Å². The molecule has 0 unspecified atom stereocenters. The molecule has 1 saturated heterocycles. The normalized spacial score (nSPS) is 22.4. The number of morpholine rings is 1. The van der Waals surface area contributed by atoms with Crippen molar-refractivity contribution in [3.63, 3.8) is 0 Å². The van der Waals surface area contributed by atoms with Crippen LogP contribution in [0, 0.1) is 0 Å². The van der Waals surface area contributed by atoms with E-state index in [9.17, 15) is 4.79 Å². The standard InChI is InChI=1S/C13H17ClN2O2.ClH/c1-9-12(15-5-6-18-9)13(17)16-8-10-3-2-4-11(14)7-10;/h2-4,7,9,12,15H,5-6,8H2,1H3,(H,16,17);1H/t9-,12+;/m1./s1. The lowest BCUT2D eigenvalue weighted by atomic mass is 10.1. The van der Waals surface area contributed by atoms with Crippen molar-refractivity contribution in [1.29, 1.82) is 0 Å². The highest BCUT2D eigenvalue weighted by Crippen LogP contribution is 2.10. The zero-order valence-corrected chi connectivity index (χ0v) is 12.3. The van der Waals surface area contributed by atoms with Gasteiger partial charge in [0, 0.05) is 18.1 Å². The van der Waals surface area contributed by atoms with Gasteiger partial charge in [-0.2, -0.15) is 0 Å². The van der Waals surface area contributed by atoms with E-state index in [4.69, 9.17) is 16.3 Å². The van der Waals surface area contributed by atoms with E-state index >= 15 is 0 Å². The van der Waals surface area contributed by atoms with E-state index in [1.807, 2.05) is 31.2 Å². The van der Waals surface area contributed by atoms with E-state index in [1.54, 1.807) is 0 Å². The van der Waals surface area contributed by atoms with Crippen LogP contribution in [0.15, 0.2) is 24.3 Å². The predicted molar refractivity (Wildman–Crippen MR) is 77.8 cm³/mol. The number of ether oxygens (including phenoxy) is 1. The van der Waals surface area contributed by atoms with E-state index in [-0.39, 0.29) is 30.5 Å². The Balaban J connectivity index is 0.00000180. The van der Waals surface area contributed by atoms with Crippen LogP contribution in [0.2, 0.25) is 5.02 Å². The van der Waals surface area contributed by atoms with E-state index < -0.39 is 0 Å². The second-order valence-electron chi connectivity index (χ2n) is 4.36. The van der Waals surface area contributed by atoms with Crippen molar-refractivity contribution in [1.82, 2.24) is 10.6 Å². The maximum atomic E-state index is 12.0. The lowest BCUT2D eigenvalue weighted by Gasteiger charge is -2.29. The van der Waals surface area contributed by atoms with Crippen molar-refractivity contribution in [3.8, 4) is 0 Å². The summed E-state index contributed by atoms with van der Waals surface area (Å²) >= 11 is 5.89. The molecule has 0 radical (unpaired) electrons. The van der Waals surface area contributed by atoms with E-state index in [0.717, 1.165) is 5.56 Å². The van der Waals surface area contributed by atoms with Gasteiger partial charge in [0.25, 0.3) is 0 Å². The maximum absolute atomic E-state index is 12.0. The second kappa shape index (κ2) is 7.70. The van der Waals surface area contributed by atoms with E-state index in [1.165, 1.54) is 0 Å². The number of amides is 1. The fraction of sp³-hybridized carbons (Fsp3) is 0.462. The topological polar surface area (TPSA) is 50.4 Å². The van der Waals surface area contributed by atoms with Crippen LogP contribution in [-0.4, -0.2) is 31.2 Å². The number of hydrogen-bond donors (Lipinski definition) is 2. The summed E-state index contributed by atoms with van der Waals surface area (Å²) in [6.07, 6.45) is -0.0990. The zero-order valence-electron chi connectivity index (χ0n) is 10.7. The Labute approximate surface area is 124 Å². The summed E-state index contributed by atoms with van der Waals surface area (Å²) in [6, 6.07) is 7.18. The predicted octanol–water partition coefficient (Wildman–Crippen LogP) is 1.75. The third-order valence-corrected chi connectivity index (χ3v) is 3.19. The summed E-state index contributed by atoms with van der Waals surface area (Å²) in [4.78, 5) is 12.0. The molecule has 2 N–H and O–H groups in total. The lowest BCUT2D eigenvalue weighted by Crippen LogP contribution is -2.55. The molecule has 19 heavy (non-hydrogen) atoms. The quantitative estimate of drug-likeness (QED) is 0.894. The van der Waals surface area contributed by atoms with Gasteiger partial charge in [-0.05, 0) is 24.6 Å². The number of halogens is 2. The highest BCUT2D eigenvalue weighted by atomic mass is 35.5. The molecule has 2 atom stereocenters. The average Bonchev–Trinajstić information content (AvgIpc) is 2.37. The molecule has 1 amide bonds. The molecule has 2 rings (SSSR count). The molecule has 0 bridgehead atoms. The number of benzene rings is 1. The smallest absolute Gasteiger partial charge is 0.240 e. The molecule has 106 valence electrons. The average molecular weight is 305 g/mol. The molecule has 1 fully saturated rings. The van der Waals surface area contributed by atoms with Gasteiger partial charge < -0.3 is 15.4 Å². The van der Waals surface area contributed by atoms with Gasteiger partial charge in [0.1, 0.15) is 6.04 Å². The Hall–Kier alpha value is -0.810. The highest BCUT2D eigenvalue weighted by Gasteiger charge is 2.27. The van der Waals surface area contributed by atoms with Gasteiger partial charge in [0.15, 0.2) is 0 Å². The van der Waals surface area contributed by atoms with Crippen molar-refractivity contribution in [2.24, 2.45) is 0 Å². The van der Waals surface area contributed by atoms with Crippen LogP contribution in [0.25, 0.3) is 0 Å². The second-order valence-corrected chi connectivity index (χ2v) is 4.79. The van der Waals surface area contributed by atoms with Crippen molar-refractivity contribution < 1.29 is 9.53 Å². The summed E-state index contributed by atoms with van der Waals surface area (Å²) in [5.74, 6) is -0.0397. The van der Waals surface area contributed by atoms with Gasteiger partial charge in [-0.25, -0.2) is 0 Å². The number of carbonyl (C=O) groups excluding carboxylic acids is 1. The Morgan fingerprint density at radius 2 is 2.37 bits per heavy atom. The monoisotopic (exact) mass is 304 g/mol. The molecular formula is C13H18Cl2N2O2. The first-order valence-electron chi connectivity index (χ1n) is 6.04. The zero-order chi connectivity index (χ0) is 13.0. The Bertz CT molecular complexity index is 429. The first-order chi connectivity index (χ1) is 8.66. The molecule has 4 nitrogen and oxygen atoms in total. The molecule has 1 heterocycles. The number of nitrogens with one attached hydrogen (secondary N) is 2. The number of carbonyl (C=O) groups is 1. The maximum Gasteiger partial charge on any atom is 0.240 e. The molecule has 6 heteroatoms. The Kier molecular flexibility index (Phi) is 6.58. The molecule has 1 aromatic rings. The van der Waals surface area contributed by atoms with Crippen LogP contribution < -0.4 is 10.6 Å². The Morgan fingerprint density at radius 1 is 1.58 bits per heavy atom. The van der Waals surface area contributed by atoms with Gasteiger partial charge in [0.05, 0.1) is 12.7 Å². The molecule has 1 aromatic carbocycles. The third kappa shape index (κ3) is 4.66. The highest BCUT2D eigenvalue weighted by molar-refractivity contribution is 6.30. The van der Waals surface area contributed by atoms with Gasteiger partial charge in [0.2, 0.25) is 5.91 Å². The fourth-order valence-electron chi connectivity index (χ4n) is 1.97. The molecule has 1 aliphatic heterocycles. The SMILES string of the molecule is C[C@H]1OCCN[C@@H]1C(=O)NCc1cccc(Cl)c1.Cl. The first kappa shape index (κ1) is 16.2. The molecule has 0 aromatic heterocycles. The van der Waals surface area contributed by atoms with Gasteiger partial charge in [-0.1, -0.05) is 23.7 Å². The number of hydrogen-bond acceptors (Lipinski definition) is 3. The largest absolute Gasteiger partial charge is 0.375 e. The molecule has 1 aliphatic rings. The first-order valence-corrected chi connectivity index (χ1v) is 6.42. The summed E-state index contributed by atoms with van der Waals surface area (Å²) in [5.41, 5.74) is 0.986. The van der Waals surface area contributed by atoms with E-state index in [0.29, 0.717) is 24.7 Å². The van der Waals surface area contributed by atoms with Gasteiger partial charge in [-0.3, -0.25) is 4.79 Å². The molecular weight excluding hydrogens is 287 g/mol. The van der Waals surface area contributed by atoms with Crippen LogP contribution in [0.5, 0.6) is 0 Å².